The average molecular weight is 580 g/mol. The number of aromatic nitrogens is 1. The zero-order chi connectivity index (χ0) is 28.2. The summed E-state index contributed by atoms with van der Waals surface area (Å²) in [7, 11) is 0. The zero-order valence-corrected chi connectivity index (χ0v) is 22.1. The maximum Gasteiger partial charge on any atom is 0.416 e. The van der Waals surface area contributed by atoms with Crippen molar-refractivity contribution >= 4 is 28.9 Å². The Hall–Kier alpha value is -3.63. The van der Waals surface area contributed by atoms with Gasteiger partial charge in [-0.25, -0.2) is 14.2 Å². The minimum Gasteiger partial charge on any atom is -0.488 e. The summed E-state index contributed by atoms with van der Waals surface area (Å²) in [6.07, 6.45) is -3.85. The molecule has 0 aliphatic carbocycles. The molecule has 0 saturated carbocycles. The van der Waals surface area contributed by atoms with Crippen LogP contribution in [0.1, 0.15) is 27.3 Å². The Morgan fingerprint density at radius 3 is 2.44 bits per heavy atom. The molecule has 204 valence electrons. The Balaban J connectivity index is 1.57. The van der Waals surface area contributed by atoms with Crippen molar-refractivity contribution < 1.29 is 36.9 Å². The number of ether oxygens (including phenoxy) is 2. The third-order valence-corrected chi connectivity index (χ3v) is 7.25. The molecular formula is C28H22ClF4NO4S. The van der Waals surface area contributed by atoms with E-state index in [1.807, 2.05) is 0 Å². The lowest BCUT2D eigenvalue weighted by molar-refractivity contribution is -0.139. The van der Waals surface area contributed by atoms with Crippen molar-refractivity contribution in [2.75, 3.05) is 6.61 Å². The van der Waals surface area contributed by atoms with Crippen molar-refractivity contribution in [3.63, 3.8) is 0 Å². The van der Waals surface area contributed by atoms with Gasteiger partial charge in [0, 0.05) is 16.1 Å². The fraction of sp³-hybridized carbons (Fsp3) is 0.214. The number of thiazole rings is 1. The van der Waals surface area contributed by atoms with Crippen LogP contribution in [0.15, 0.2) is 60.7 Å². The summed E-state index contributed by atoms with van der Waals surface area (Å²) in [5.74, 6) is -0.607. The summed E-state index contributed by atoms with van der Waals surface area (Å²) in [6, 6.07) is 14.1. The van der Waals surface area contributed by atoms with Crippen LogP contribution in [0.2, 0.25) is 5.02 Å². The molecule has 0 fully saturated rings. The number of alkyl halides is 3. The lowest BCUT2D eigenvalue weighted by Gasteiger charge is -2.11. The molecule has 39 heavy (non-hydrogen) atoms. The monoisotopic (exact) mass is 579 g/mol. The van der Waals surface area contributed by atoms with Gasteiger partial charge in [-0.15, -0.1) is 11.3 Å². The number of benzene rings is 3. The molecule has 0 aliphatic heterocycles. The largest absolute Gasteiger partial charge is 0.488 e. The van der Waals surface area contributed by atoms with E-state index >= 15 is 0 Å². The highest BCUT2D eigenvalue weighted by molar-refractivity contribution is 7.15. The van der Waals surface area contributed by atoms with E-state index in [4.69, 9.17) is 26.2 Å². The second-order valence-corrected chi connectivity index (χ2v) is 10.1. The third kappa shape index (κ3) is 7.27. The van der Waals surface area contributed by atoms with Crippen molar-refractivity contribution in [1.82, 2.24) is 4.98 Å². The third-order valence-electron chi connectivity index (χ3n) is 5.78. The fourth-order valence-electron chi connectivity index (χ4n) is 3.79. The molecule has 0 spiro atoms. The lowest BCUT2D eigenvalue weighted by atomic mass is 10.1. The molecule has 1 N–H and O–H groups in total. The van der Waals surface area contributed by atoms with Crippen LogP contribution in [0.4, 0.5) is 17.6 Å². The number of rotatable bonds is 10. The van der Waals surface area contributed by atoms with Crippen LogP contribution in [0.5, 0.6) is 11.5 Å². The molecule has 0 aliphatic rings. The van der Waals surface area contributed by atoms with E-state index in [-0.39, 0.29) is 13.0 Å². The quantitative estimate of drug-likeness (QED) is 0.194. The Morgan fingerprint density at radius 2 is 1.79 bits per heavy atom. The standard InChI is InChI=1S/C28H22ClF4NO4S/c1-16-13-19(9-12-24(16)38-15-26(35)36)37-14-25-23(11-10-20-21(29)3-2-4-22(20)30)34-27(39-25)17-5-7-18(8-6-17)28(31,32)33/h2-9,12-13H,10-11,14-15H2,1H3,(H,35,36). The Morgan fingerprint density at radius 1 is 1.05 bits per heavy atom. The second-order valence-electron chi connectivity index (χ2n) is 8.56. The molecule has 3 aromatic carbocycles. The molecule has 0 unspecified atom stereocenters. The van der Waals surface area contributed by atoms with Gasteiger partial charge in [-0.05, 0) is 67.8 Å². The minimum absolute atomic E-state index is 0.105. The Labute approximate surface area is 230 Å². The summed E-state index contributed by atoms with van der Waals surface area (Å²) >= 11 is 7.45. The predicted molar refractivity (Wildman–Crippen MR) is 140 cm³/mol. The first kappa shape index (κ1) is 28.4. The highest BCUT2D eigenvalue weighted by atomic mass is 35.5. The maximum atomic E-state index is 14.3. The number of aryl methyl sites for hydroxylation is 2. The highest BCUT2D eigenvalue weighted by Gasteiger charge is 2.30. The maximum absolute atomic E-state index is 14.3. The van der Waals surface area contributed by atoms with Crippen LogP contribution >= 0.6 is 22.9 Å². The molecule has 0 atom stereocenters. The summed E-state index contributed by atoms with van der Waals surface area (Å²) in [6.45, 7) is 1.39. The fourth-order valence-corrected chi connectivity index (χ4v) is 5.08. The van der Waals surface area contributed by atoms with Gasteiger partial charge in [0.05, 0.1) is 16.1 Å². The number of carboxylic acids is 1. The number of hydrogen-bond donors (Lipinski definition) is 1. The van der Waals surface area contributed by atoms with Crippen molar-refractivity contribution in [2.45, 2.75) is 32.5 Å². The van der Waals surface area contributed by atoms with Crippen LogP contribution in [-0.4, -0.2) is 22.7 Å². The van der Waals surface area contributed by atoms with Crippen LogP contribution < -0.4 is 9.47 Å². The number of hydrogen-bond acceptors (Lipinski definition) is 5. The number of aliphatic carboxylic acids is 1. The molecule has 1 aromatic heterocycles. The molecule has 5 nitrogen and oxygen atoms in total. The molecule has 4 rings (SSSR count). The second kappa shape index (κ2) is 12.0. The van der Waals surface area contributed by atoms with Crippen LogP contribution in [0.25, 0.3) is 10.6 Å². The van der Waals surface area contributed by atoms with Gasteiger partial charge in [-0.1, -0.05) is 29.8 Å². The SMILES string of the molecule is Cc1cc(OCc2sc(-c3ccc(C(F)(F)F)cc3)nc2CCc2c(F)cccc2Cl)ccc1OCC(=O)O. The van der Waals surface area contributed by atoms with Crippen molar-refractivity contribution in [3.8, 4) is 22.1 Å². The van der Waals surface area contributed by atoms with Gasteiger partial charge in [-0.3, -0.25) is 0 Å². The number of nitrogens with zero attached hydrogens (tertiary/aromatic N) is 1. The van der Waals surface area contributed by atoms with E-state index in [9.17, 15) is 22.4 Å². The summed E-state index contributed by atoms with van der Waals surface area (Å²) < 4.78 is 64.5. The van der Waals surface area contributed by atoms with Crippen molar-refractivity contribution in [1.29, 1.82) is 0 Å². The Bertz CT molecular complexity index is 1450. The molecule has 4 aromatic rings. The molecule has 0 radical (unpaired) electrons. The lowest BCUT2D eigenvalue weighted by Crippen LogP contribution is -2.10. The molecule has 1 heterocycles. The van der Waals surface area contributed by atoms with E-state index in [0.717, 1.165) is 17.0 Å². The van der Waals surface area contributed by atoms with Gasteiger partial charge in [-0.2, -0.15) is 13.2 Å². The number of carboxylic acid groups (broad SMARTS) is 1. The van der Waals surface area contributed by atoms with Crippen molar-refractivity contribution in [2.24, 2.45) is 0 Å². The topological polar surface area (TPSA) is 68.7 Å². The van der Waals surface area contributed by atoms with Crippen LogP contribution in [0.3, 0.4) is 0 Å². The highest BCUT2D eigenvalue weighted by Crippen LogP contribution is 2.34. The van der Waals surface area contributed by atoms with Gasteiger partial charge in [0.15, 0.2) is 6.61 Å². The molecule has 0 bridgehead atoms. The summed E-state index contributed by atoms with van der Waals surface area (Å²) in [5, 5.41) is 9.61. The van der Waals surface area contributed by atoms with E-state index in [1.165, 1.54) is 35.6 Å². The van der Waals surface area contributed by atoms with Crippen molar-refractivity contribution in [3.05, 3.63) is 98.8 Å². The van der Waals surface area contributed by atoms with Crippen LogP contribution in [-0.2, 0) is 30.4 Å². The molecule has 0 saturated heterocycles. The van der Waals surface area contributed by atoms with E-state index in [1.54, 1.807) is 31.2 Å². The van der Waals surface area contributed by atoms with E-state index < -0.39 is 30.1 Å². The summed E-state index contributed by atoms with van der Waals surface area (Å²) in [4.78, 5) is 16.1. The van der Waals surface area contributed by atoms with Gasteiger partial charge >= 0.3 is 12.1 Å². The average Bonchev–Trinajstić information content (AvgIpc) is 3.29. The Kier molecular flexibility index (Phi) is 8.76. The molecule has 11 heteroatoms. The van der Waals surface area contributed by atoms with Crippen LogP contribution in [0, 0.1) is 12.7 Å². The van der Waals surface area contributed by atoms with Gasteiger partial charge in [0.25, 0.3) is 0 Å². The first-order chi connectivity index (χ1) is 18.5. The number of carbonyl (C=O) groups is 1. The van der Waals surface area contributed by atoms with Gasteiger partial charge in [0.1, 0.15) is 28.9 Å². The van der Waals surface area contributed by atoms with E-state index in [0.29, 0.717) is 50.3 Å². The number of halogens is 5. The normalized spacial score (nSPS) is 11.4. The van der Waals surface area contributed by atoms with Gasteiger partial charge in [0.2, 0.25) is 0 Å². The molecular weight excluding hydrogens is 558 g/mol. The first-order valence-electron chi connectivity index (χ1n) is 11.7. The summed E-state index contributed by atoms with van der Waals surface area (Å²) in [5.41, 5.74) is 1.40. The predicted octanol–water partition coefficient (Wildman–Crippen LogP) is 7.76. The first-order valence-corrected chi connectivity index (χ1v) is 12.9. The van der Waals surface area contributed by atoms with Gasteiger partial charge < -0.3 is 14.6 Å². The minimum atomic E-state index is -4.45. The zero-order valence-electron chi connectivity index (χ0n) is 20.5. The van der Waals surface area contributed by atoms with E-state index in [2.05, 4.69) is 4.98 Å². The smallest absolute Gasteiger partial charge is 0.416 e. The molecule has 0 amide bonds.